The van der Waals surface area contributed by atoms with Crippen LogP contribution in [-0.4, -0.2) is 22.6 Å². The lowest BCUT2D eigenvalue weighted by atomic mass is 10.3. The number of pyridine rings is 1. The molecule has 4 N–H and O–H groups in total. The van der Waals surface area contributed by atoms with Gasteiger partial charge in [-0.1, -0.05) is 0 Å². The maximum Gasteiger partial charge on any atom is 0.305 e. The molecule has 0 atom stereocenters. The van der Waals surface area contributed by atoms with Crippen LogP contribution >= 0.6 is 0 Å². The average molecular weight is 199 g/mol. The Bertz CT molecular complexity index is 343. The molecule has 0 aliphatic heterocycles. The Labute approximate surface area is 79.8 Å². The summed E-state index contributed by atoms with van der Waals surface area (Å²) in [6.45, 7) is 0.207. The van der Waals surface area contributed by atoms with Crippen molar-refractivity contribution in [1.29, 1.82) is 0 Å². The van der Waals surface area contributed by atoms with Gasteiger partial charge in [-0.3, -0.25) is 4.79 Å². The molecule has 6 heteroatoms. The van der Waals surface area contributed by atoms with Gasteiger partial charge in [0.25, 0.3) is 0 Å². The molecular weight excluding hydrogens is 189 g/mol. The number of aromatic nitrogens is 1. The van der Waals surface area contributed by atoms with Crippen molar-refractivity contribution in [3.8, 4) is 0 Å². The molecule has 0 amide bonds. The maximum atomic E-state index is 12.5. The minimum Gasteiger partial charge on any atom is -0.481 e. The number of hydrogen-bond donors (Lipinski definition) is 3. The second-order valence-electron chi connectivity index (χ2n) is 2.66. The van der Waals surface area contributed by atoms with Gasteiger partial charge in [-0.05, 0) is 0 Å². The predicted octanol–water partition coefficient (Wildman–Crippen LogP) is 0.690. The van der Waals surface area contributed by atoms with E-state index in [-0.39, 0.29) is 18.7 Å². The smallest absolute Gasteiger partial charge is 0.305 e. The Morgan fingerprint density at radius 2 is 2.43 bits per heavy atom. The van der Waals surface area contributed by atoms with Gasteiger partial charge in [-0.2, -0.15) is 0 Å². The maximum absolute atomic E-state index is 12.5. The summed E-state index contributed by atoms with van der Waals surface area (Å²) < 4.78 is 12.5. The number of hydrogen-bond acceptors (Lipinski definition) is 4. The highest BCUT2D eigenvalue weighted by molar-refractivity contribution is 5.68. The zero-order valence-electron chi connectivity index (χ0n) is 7.33. The SMILES string of the molecule is Nc1cc(F)cnc1NCCC(=O)O. The fourth-order valence-electron chi connectivity index (χ4n) is 0.890. The number of nitrogens with zero attached hydrogens (tertiary/aromatic N) is 1. The Morgan fingerprint density at radius 1 is 1.71 bits per heavy atom. The number of carboxylic acids is 1. The van der Waals surface area contributed by atoms with Crippen LogP contribution in [0.4, 0.5) is 15.9 Å². The lowest BCUT2D eigenvalue weighted by molar-refractivity contribution is -0.136. The van der Waals surface area contributed by atoms with E-state index in [1.807, 2.05) is 0 Å². The van der Waals surface area contributed by atoms with Crippen molar-refractivity contribution < 1.29 is 14.3 Å². The van der Waals surface area contributed by atoms with Crippen molar-refractivity contribution in [2.24, 2.45) is 0 Å². The van der Waals surface area contributed by atoms with Crippen LogP contribution in [0.1, 0.15) is 6.42 Å². The summed E-state index contributed by atoms with van der Waals surface area (Å²) >= 11 is 0. The number of aliphatic carboxylic acids is 1. The molecule has 0 bridgehead atoms. The summed E-state index contributed by atoms with van der Waals surface area (Å²) in [7, 11) is 0. The van der Waals surface area contributed by atoms with Crippen LogP contribution in [0.5, 0.6) is 0 Å². The van der Waals surface area contributed by atoms with Crippen molar-refractivity contribution in [3.63, 3.8) is 0 Å². The van der Waals surface area contributed by atoms with Gasteiger partial charge in [-0.15, -0.1) is 0 Å². The van der Waals surface area contributed by atoms with Gasteiger partial charge in [0.2, 0.25) is 0 Å². The summed E-state index contributed by atoms with van der Waals surface area (Å²) in [6.07, 6.45) is 0.970. The third kappa shape index (κ3) is 2.89. The molecule has 0 saturated carbocycles. The molecule has 0 aliphatic rings. The number of halogens is 1. The van der Waals surface area contributed by atoms with E-state index >= 15 is 0 Å². The van der Waals surface area contributed by atoms with Crippen molar-refractivity contribution >= 4 is 17.5 Å². The van der Waals surface area contributed by atoms with Crippen LogP contribution in [0.3, 0.4) is 0 Å². The van der Waals surface area contributed by atoms with Gasteiger partial charge in [0.1, 0.15) is 11.6 Å². The summed E-state index contributed by atoms with van der Waals surface area (Å²) in [5, 5.41) is 11.0. The van der Waals surface area contributed by atoms with Crippen LogP contribution in [0.15, 0.2) is 12.3 Å². The standard InChI is InChI=1S/C8H10FN3O2/c9-5-3-6(10)8(12-4-5)11-2-1-7(13)14/h3-4H,1-2,10H2,(H,11,12)(H,13,14). The quantitative estimate of drug-likeness (QED) is 0.663. The lowest BCUT2D eigenvalue weighted by Crippen LogP contribution is -2.10. The monoisotopic (exact) mass is 199 g/mol. The summed E-state index contributed by atoms with van der Waals surface area (Å²) in [5.41, 5.74) is 5.59. The molecule has 0 fully saturated rings. The molecule has 1 aromatic heterocycles. The van der Waals surface area contributed by atoms with Gasteiger partial charge in [0, 0.05) is 12.6 Å². The molecule has 1 aromatic rings. The molecule has 1 heterocycles. The van der Waals surface area contributed by atoms with Crippen LogP contribution in [0.25, 0.3) is 0 Å². The van der Waals surface area contributed by atoms with E-state index in [9.17, 15) is 9.18 Å². The molecule has 76 valence electrons. The largest absolute Gasteiger partial charge is 0.481 e. The third-order valence-corrected chi connectivity index (χ3v) is 1.52. The molecule has 0 aliphatic carbocycles. The van der Waals surface area contributed by atoms with Crippen molar-refractivity contribution in [1.82, 2.24) is 4.98 Å². The number of anilines is 2. The highest BCUT2D eigenvalue weighted by atomic mass is 19.1. The number of carbonyl (C=O) groups is 1. The molecule has 5 nitrogen and oxygen atoms in total. The average Bonchev–Trinajstić information content (AvgIpc) is 2.08. The first-order valence-electron chi connectivity index (χ1n) is 3.96. The molecule has 0 radical (unpaired) electrons. The van der Waals surface area contributed by atoms with E-state index in [0.29, 0.717) is 5.82 Å². The predicted molar refractivity (Wildman–Crippen MR) is 49.3 cm³/mol. The highest BCUT2D eigenvalue weighted by Gasteiger charge is 2.02. The van der Waals surface area contributed by atoms with E-state index in [2.05, 4.69) is 10.3 Å². The zero-order chi connectivity index (χ0) is 10.6. The summed E-state index contributed by atoms with van der Waals surface area (Å²) in [6, 6.07) is 1.12. The number of carboxylic acid groups (broad SMARTS) is 1. The summed E-state index contributed by atoms with van der Waals surface area (Å²) in [5.74, 6) is -1.14. The second kappa shape index (κ2) is 4.40. The van der Waals surface area contributed by atoms with Crippen molar-refractivity contribution in [2.45, 2.75) is 6.42 Å². The molecule has 14 heavy (non-hydrogen) atoms. The van der Waals surface area contributed by atoms with Gasteiger partial charge in [0.05, 0.1) is 18.3 Å². The first-order valence-corrected chi connectivity index (χ1v) is 3.96. The highest BCUT2D eigenvalue weighted by Crippen LogP contribution is 2.14. The molecule has 1 rings (SSSR count). The number of nitrogens with one attached hydrogen (secondary N) is 1. The normalized spacial score (nSPS) is 9.79. The number of nitrogen functional groups attached to an aromatic ring is 1. The van der Waals surface area contributed by atoms with E-state index in [0.717, 1.165) is 12.3 Å². The fraction of sp³-hybridized carbons (Fsp3) is 0.250. The lowest BCUT2D eigenvalue weighted by Gasteiger charge is -2.05. The third-order valence-electron chi connectivity index (χ3n) is 1.52. The van der Waals surface area contributed by atoms with Gasteiger partial charge in [0.15, 0.2) is 0 Å². The van der Waals surface area contributed by atoms with E-state index in [1.54, 1.807) is 0 Å². The molecule has 0 aromatic carbocycles. The first kappa shape index (κ1) is 10.2. The van der Waals surface area contributed by atoms with Crippen LogP contribution in [-0.2, 0) is 4.79 Å². The molecular formula is C8H10FN3O2. The van der Waals surface area contributed by atoms with Crippen molar-refractivity contribution in [2.75, 3.05) is 17.6 Å². The second-order valence-corrected chi connectivity index (χ2v) is 2.66. The van der Waals surface area contributed by atoms with E-state index in [1.165, 1.54) is 0 Å². The van der Waals surface area contributed by atoms with Gasteiger partial charge in [-0.25, -0.2) is 9.37 Å². The van der Waals surface area contributed by atoms with Crippen molar-refractivity contribution in [3.05, 3.63) is 18.1 Å². The Morgan fingerprint density at radius 3 is 3.00 bits per heavy atom. The zero-order valence-corrected chi connectivity index (χ0v) is 7.33. The fourth-order valence-corrected chi connectivity index (χ4v) is 0.890. The van der Waals surface area contributed by atoms with E-state index < -0.39 is 11.8 Å². The van der Waals surface area contributed by atoms with Gasteiger partial charge >= 0.3 is 5.97 Å². The van der Waals surface area contributed by atoms with Crippen LogP contribution < -0.4 is 11.1 Å². The first-order chi connectivity index (χ1) is 6.59. The Kier molecular flexibility index (Phi) is 3.22. The number of rotatable bonds is 4. The number of nitrogens with two attached hydrogens (primary N) is 1. The van der Waals surface area contributed by atoms with Gasteiger partial charge < -0.3 is 16.2 Å². The minimum atomic E-state index is -0.918. The summed E-state index contributed by atoms with van der Waals surface area (Å²) in [4.78, 5) is 13.8. The van der Waals surface area contributed by atoms with E-state index in [4.69, 9.17) is 10.8 Å². The molecule has 0 unspecified atom stereocenters. The Balaban J connectivity index is 2.55. The minimum absolute atomic E-state index is 0.0432. The Hall–Kier alpha value is -1.85. The molecule has 0 spiro atoms. The van der Waals surface area contributed by atoms with Crippen LogP contribution in [0.2, 0.25) is 0 Å². The molecule has 0 saturated heterocycles. The van der Waals surface area contributed by atoms with Crippen LogP contribution in [0, 0.1) is 5.82 Å². The topological polar surface area (TPSA) is 88.2 Å².